The summed E-state index contributed by atoms with van der Waals surface area (Å²) >= 11 is 0. The number of anilines is 1. The number of aromatic nitrogens is 2. The molecule has 20 heavy (non-hydrogen) atoms. The molecule has 0 aliphatic heterocycles. The molecule has 108 valence electrons. The van der Waals surface area contributed by atoms with Crippen LogP contribution >= 0.6 is 0 Å². The third-order valence-electron chi connectivity index (χ3n) is 3.48. The van der Waals surface area contributed by atoms with Crippen molar-refractivity contribution in [3.05, 3.63) is 47.8 Å². The molecule has 1 N–H and O–H groups in total. The maximum absolute atomic E-state index is 4.51. The van der Waals surface area contributed by atoms with Crippen LogP contribution in [0.2, 0.25) is 0 Å². The van der Waals surface area contributed by atoms with E-state index in [0.29, 0.717) is 12.0 Å². The molecule has 0 amide bonds. The van der Waals surface area contributed by atoms with E-state index in [-0.39, 0.29) is 0 Å². The van der Waals surface area contributed by atoms with Gasteiger partial charge in [0.25, 0.3) is 0 Å². The van der Waals surface area contributed by atoms with Gasteiger partial charge in [-0.15, -0.1) is 0 Å². The van der Waals surface area contributed by atoms with Gasteiger partial charge in [-0.1, -0.05) is 51.1 Å². The van der Waals surface area contributed by atoms with E-state index in [0.717, 1.165) is 24.2 Å². The van der Waals surface area contributed by atoms with Gasteiger partial charge in [-0.2, -0.15) is 5.10 Å². The van der Waals surface area contributed by atoms with Gasteiger partial charge in [-0.05, 0) is 24.3 Å². The van der Waals surface area contributed by atoms with Crippen LogP contribution in [-0.2, 0) is 13.5 Å². The predicted octanol–water partition coefficient (Wildman–Crippen LogP) is 4.18. The maximum atomic E-state index is 4.51. The largest absolute Gasteiger partial charge is 0.375 e. The van der Waals surface area contributed by atoms with Crippen LogP contribution in [-0.4, -0.2) is 9.78 Å². The Morgan fingerprint density at radius 1 is 1.20 bits per heavy atom. The first kappa shape index (κ1) is 14.6. The van der Waals surface area contributed by atoms with E-state index in [4.69, 9.17) is 0 Å². The van der Waals surface area contributed by atoms with E-state index in [9.17, 15) is 0 Å². The Hall–Kier alpha value is -1.77. The van der Waals surface area contributed by atoms with Crippen molar-refractivity contribution in [1.29, 1.82) is 0 Å². The second kappa shape index (κ2) is 6.60. The summed E-state index contributed by atoms with van der Waals surface area (Å²) in [6.45, 7) is 6.68. The fraction of sp³-hybridized carbons (Fsp3) is 0.471. The molecule has 0 radical (unpaired) electrons. The second-order valence-corrected chi connectivity index (χ2v) is 5.75. The lowest BCUT2D eigenvalue weighted by molar-refractivity contribution is 0.530. The van der Waals surface area contributed by atoms with Crippen molar-refractivity contribution >= 4 is 5.69 Å². The predicted molar refractivity (Wildman–Crippen MR) is 84.8 cm³/mol. The van der Waals surface area contributed by atoms with E-state index in [1.165, 1.54) is 5.56 Å². The minimum atomic E-state index is 0.339. The van der Waals surface area contributed by atoms with Gasteiger partial charge in [0.15, 0.2) is 0 Å². The topological polar surface area (TPSA) is 29.9 Å². The van der Waals surface area contributed by atoms with Crippen LogP contribution in [0.4, 0.5) is 5.69 Å². The van der Waals surface area contributed by atoms with Crippen molar-refractivity contribution in [2.45, 2.75) is 39.7 Å². The monoisotopic (exact) mass is 271 g/mol. The van der Waals surface area contributed by atoms with Gasteiger partial charge in [0.1, 0.15) is 0 Å². The van der Waals surface area contributed by atoms with Crippen molar-refractivity contribution in [1.82, 2.24) is 9.78 Å². The molecule has 1 unspecified atom stereocenters. The first-order valence-corrected chi connectivity index (χ1v) is 7.44. The number of hydrogen-bond donors (Lipinski definition) is 1. The molecule has 0 spiro atoms. The van der Waals surface area contributed by atoms with Gasteiger partial charge in [0.2, 0.25) is 0 Å². The van der Waals surface area contributed by atoms with Gasteiger partial charge in [-0.25, -0.2) is 0 Å². The summed E-state index contributed by atoms with van der Waals surface area (Å²) < 4.78 is 1.89. The maximum Gasteiger partial charge on any atom is 0.0853 e. The van der Waals surface area contributed by atoms with E-state index in [1.807, 2.05) is 11.7 Å². The zero-order valence-electron chi connectivity index (χ0n) is 12.9. The second-order valence-electron chi connectivity index (χ2n) is 5.75. The number of rotatable bonds is 6. The molecule has 1 heterocycles. The van der Waals surface area contributed by atoms with Crippen LogP contribution in [0.3, 0.4) is 0 Å². The Morgan fingerprint density at radius 2 is 1.90 bits per heavy atom. The fourth-order valence-corrected chi connectivity index (χ4v) is 2.54. The van der Waals surface area contributed by atoms with Crippen LogP contribution < -0.4 is 5.32 Å². The fourth-order valence-electron chi connectivity index (χ4n) is 2.54. The Morgan fingerprint density at radius 3 is 2.50 bits per heavy atom. The van der Waals surface area contributed by atoms with E-state index >= 15 is 0 Å². The summed E-state index contributed by atoms with van der Waals surface area (Å²) in [6, 6.07) is 11.0. The summed E-state index contributed by atoms with van der Waals surface area (Å²) in [7, 11) is 1.98. The molecule has 1 aromatic carbocycles. The van der Waals surface area contributed by atoms with Crippen molar-refractivity contribution in [2.24, 2.45) is 13.0 Å². The zero-order chi connectivity index (χ0) is 14.5. The molecule has 0 bridgehead atoms. The average molecular weight is 271 g/mol. The molecule has 2 rings (SSSR count). The van der Waals surface area contributed by atoms with Crippen LogP contribution in [0.5, 0.6) is 0 Å². The first-order chi connectivity index (χ1) is 9.60. The number of hydrogen-bond acceptors (Lipinski definition) is 2. The number of aryl methyl sites for hydroxylation is 2. The average Bonchev–Trinajstić information content (AvgIpc) is 2.78. The normalized spacial score (nSPS) is 12.7. The highest BCUT2D eigenvalue weighted by Gasteiger charge is 2.16. The van der Waals surface area contributed by atoms with Crippen LogP contribution in [0.1, 0.15) is 44.5 Å². The standard InChI is InChI=1S/C17H25N3/c1-5-15-17(12-20(4)19-15)18-16(11-13(2)3)14-9-7-6-8-10-14/h6-10,12-13,16,18H,5,11H2,1-4H3. The van der Waals surface area contributed by atoms with Crippen molar-refractivity contribution in [2.75, 3.05) is 5.32 Å². The molecule has 1 aromatic heterocycles. The molecule has 3 nitrogen and oxygen atoms in total. The highest BCUT2D eigenvalue weighted by molar-refractivity contribution is 5.48. The van der Waals surface area contributed by atoms with Gasteiger partial charge in [-0.3, -0.25) is 4.68 Å². The Labute approximate surface area is 122 Å². The zero-order valence-corrected chi connectivity index (χ0v) is 12.9. The molecule has 3 heteroatoms. The van der Waals surface area contributed by atoms with Gasteiger partial charge >= 0.3 is 0 Å². The van der Waals surface area contributed by atoms with Crippen molar-refractivity contribution in [3.63, 3.8) is 0 Å². The lowest BCUT2D eigenvalue weighted by atomic mass is 9.97. The third kappa shape index (κ3) is 3.62. The lowest BCUT2D eigenvalue weighted by Crippen LogP contribution is -2.13. The molecule has 0 fully saturated rings. The Balaban J connectivity index is 2.23. The third-order valence-corrected chi connectivity index (χ3v) is 3.48. The summed E-state index contributed by atoms with van der Waals surface area (Å²) in [5.74, 6) is 0.648. The SMILES string of the molecule is CCc1nn(C)cc1NC(CC(C)C)c1ccccc1. The van der Waals surface area contributed by atoms with Gasteiger partial charge in [0, 0.05) is 13.2 Å². The summed E-state index contributed by atoms with van der Waals surface area (Å²) in [5.41, 5.74) is 3.63. The summed E-state index contributed by atoms with van der Waals surface area (Å²) in [6.07, 6.45) is 4.14. The first-order valence-electron chi connectivity index (χ1n) is 7.44. The molecular formula is C17H25N3. The van der Waals surface area contributed by atoms with Gasteiger partial charge in [0.05, 0.1) is 17.4 Å². The Kier molecular flexibility index (Phi) is 4.83. The smallest absolute Gasteiger partial charge is 0.0853 e. The molecule has 0 saturated heterocycles. The van der Waals surface area contributed by atoms with Crippen LogP contribution in [0.15, 0.2) is 36.5 Å². The molecule has 2 aromatic rings. The van der Waals surface area contributed by atoms with E-state index in [2.05, 4.69) is 67.7 Å². The highest BCUT2D eigenvalue weighted by Crippen LogP contribution is 2.27. The Bertz CT molecular complexity index is 528. The van der Waals surface area contributed by atoms with Crippen molar-refractivity contribution in [3.8, 4) is 0 Å². The van der Waals surface area contributed by atoms with Crippen LogP contribution in [0.25, 0.3) is 0 Å². The minimum absolute atomic E-state index is 0.339. The molecule has 0 saturated carbocycles. The molecule has 0 aliphatic carbocycles. The van der Waals surface area contributed by atoms with Crippen LogP contribution in [0, 0.1) is 5.92 Å². The van der Waals surface area contributed by atoms with Crippen molar-refractivity contribution < 1.29 is 0 Å². The van der Waals surface area contributed by atoms with Gasteiger partial charge < -0.3 is 5.32 Å². The summed E-state index contributed by atoms with van der Waals surface area (Å²) in [5, 5.41) is 8.19. The minimum Gasteiger partial charge on any atom is -0.375 e. The lowest BCUT2D eigenvalue weighted by Gasteiger charge is -2.22. The number of nitrogens with zero attached hydrogens (tertiary/aromatic N) is 2. The van der Waals surface area contributed by atoms with E-state index < -0.39 is 0 Å². The molecular weight excluding hydrogens is 246 g/mol. The summed E-state index contributed by atoms with van der Waals surface area (Å²) in [4.78, 5) is 0. The van der Waals surface area contributed by atoms with E-state index in [1.54, 1.807) is 0 Å². The number of nitrogens with one attached hydrogen (secondary N) is 1. The quantitative estimate of drug-likeness (QED) is 0.854. The number of benzene rings is 1. The highest BCUT2D eigenvalue weighted by atomic mass is 15.3. The molecule has 0 aliphatic rings. The molecule has 1 atom stereocenters.